The highest BCUT2D eigenvalue weighted by Crippen LogP contribution is 2.27. The molecule has 0 amide bonds. The van der Waals surface area contributed by atoms with E-state index in [1.54, 1.807) is 0 Å². The number of benzene rings is 1. The highest BCUT2D eigenvalue weighted by molar-refractivity contribution is 14.1. The molecular weight excluding hydrogens is 303 g/mol. The second-order valence-corrected chi connectivity index (χ2v) is 4.99. The molecule has 3 nitrogen and oxygen atoms in total. The zero-order valence-electron chi connectivity index (χ0n) is 8.74. The average Bonchev–Trinajstić information content (AvgIpc) is 2.20. The number of nitrogens with zero attached hydrogens (tertiary/aromatic N) is 1. The standard InChI is InChI=1S/C11H15IN2O/c1-8-7-15-5-4-14(8)11-3-2-9(13)6-10(11)12/h2-3,6,8H,4-5,7,13H2,1H3. The van der Waals surface area contributed by atoms with Gasteiger partial charge in [0.15, 0.2) is 0 Å². The maximum Gasteiger partial charge on any atom is 0.0668 e. The Bertz CT molecular complexity index is 356. The Morgan fingerprint density at radius 2 is 2.33 bits per heavy atom. The molecule has 1 fully saturated rings. The lowest BCUT2D eigenvalue weighted by Crippen LogP contribution is -2.44. The predicted octanol–water partition coefficient (Wildman–Crippen LogP) is 2.10. The molecule has 0 bridgehead atoms. The molecule has 82 valence electrons. The molecule has 2 rings (SSSR count). The van der Waals surface area contributed by atoms with E-state index in [2.05, 4.69) is 40.5 Å². The molecule has 1 atom stereocenters. The molecule has 1 aliphatic rings. The van der Waals surface area contributed by atoms with E-state index in [1.807, 2.05) is 12.1 Å². The number of morpholine rings is 1. The van der Waals surface area contributed by atoms with Gasteiger partial charge in [-0.3, -0.25) is 0 Å². The van der Waals surface area contributed by atoms with Gasteiger partial charge < -0.3 is 15.4 Å². The van der Waals surface area contributed by atoms with Gasteiger partial charge in [0.1, 0.15) is 0 Å². The molecule has 4 heteroatoms. The number of ether oxygens (including phenoxy) is 1. The molecule has 1 aromatic carbocycles. The largest absolute Gasteiger partial charge is 0.399 e. The topological polar surface area (TPSA) is 38.5 Å². The second-order valence-electron chi connectivity index (χ2n) is 3.83. The van der Waals surface area contributed by atoms with Gasteiger partial charge in [0, 0.05) is 21.8 Å². The van der Waals surface area contributed by atoms with Gasteiger partial charge in [-0.15, -0.1) is 0 Å². The minimum absolute atomic E-state index is 0.441. The van der Waals surface area contributed by atoms with Crippen molar-refractivity contribution < 1.29 is 4.74 Å². The fourth-order valence-electron chi connectivity index (χ4n) is 1.84. The Hall–Kier alpha value is -0.490. The smallest absolute Gasteiger partial charge is 0.0668 e. The van der Waals surface area contributed by atoms with Crippen molar-refractivity contribution in [2.45, 2.75) is 13.0 Å². The van der Waals surface area contributed by atoms with E-state index >= 15 is 0 Å². The lowest BCUT2D eigenvalue weighted by molar-refractivity contribution is 0.0989. The number of rotatable bonds is 1. The van der Waals surface area contributed by atoms with Crippen LogP contribution in [0.2, 0.25) is 0 Å². The van der Waals surface area contributed by atoms with Crippen molar-refractivity contribution in [3.05, 3.63) is 21.8 Å². The molecule has 15 heavy (non-hydrogen) atoms. The van der Waals surface area contributed by atoms with Crippen molar-refractivity contribution in [3.63, 3.8) is 0 Å². The molecule has 0 aromatic heterocycles. The number of hydrogen-bond donors (Lipinski definition) is 1. The van der Waals surface area contributed by atoms with Gasteiger partial charge in [0.05, 0.1) is 18.9 Å². The summed E-state index contributed by atoms with van der Waals surface area (Å²) in [5.41, 5.74) is 7.83. The van der Waals surface area contributed by atoms with Crippen LogP contribution in [0.25, 0.3) is 0 Å². The second kappa shape index (κ2) is 4.57. The van der Waals surface area contributed by atoms with E-state index in [0.29, 0.717) is 6.04 Å². The van der Waals surface area contributed by atoms with E-state index in [-0.39, 0.29) is 0 Å². The van der Waals surface area contributed by atoms with E-state index in [1.165, 1.54) is 9.26 Å². The Balaban J connectivity index is 2.27. The Labute approximate surface area is 104 Å². The molecule has 0 spiro atoms. The Morgan fingerprint density at radius 3 is 3.00 bits per heavy atom. The van der Waals surface area contributed by atoms with Gasteiger partial charge in [-0.05, 0) is 47.7 Å². The summed E-state index contributed by atoms with van der Waals surface area (Å²) in [5.74, 6) is 0. The van der Waals surface area contributed by atoms with Crippen LogP contribution in [0.4, 0.5) is 11.4 Å². The summed E-state index contributed by atoms with van der Waals surface area (Å²) in [4.78, 5) is 2.38. The van der Waals surface area contributed by atoms with Gasteiger partial charge in [-0.1, -0.05) is 0 Å². The normalized spacial score (nSPS) is 21.7. The SMILES string of the molecule is CC1COCCN1c1ccc(N)cc1I. The number of anilines is 2. The van der Waals surface area contributed by atoms with Crippen molar-refractivity contribution in [2.24, 2.45) is 0 Å². The van der Waals surface area contributed by atoms with Crippen LogP contribution >= 0.6 is 22.6 Å². The van der Waals surface area contributed by atoms with Crippen molar-refractivity contribution >= 4 is 34.0 Å². The lowest BCUT2D eigenvalue weighted by Gasteiger charge is -2.35. The summed E-state index contributed by atoms with van der Waals surface area (Å²) in [6.45, 7) is 4.76. The number of nitrogens with two attached hydrogens (primary N) is 1. The first-order chi connectivity index (χ1) is 7.18. The molecule has 1 aliphatic heterocycles. The molecule has 1 saturated heterocycles. The van der Waals surface area contributed by atoms with Crippen LogP contribution in [0.1, 0.15) is 6.92 Å². The number of nitrogen functional groups attached to an aromatic ring is 1. The van der Waals surface area contributed by atoms with Crippen LogP contribution in [0.3, 0.4) is 0 Å². The van der Waals surface area contributed by atoms with Crippen molar-refractivity contribution in [1.29, 1.82) is 0 Å². The van der Waals surface area contributed by atoms with Crippen LogP contribution in [0, 0.1) is 3.57 Å². The molecule has 0 aliphatic carbocycles. The first kappa shape index (κ1) is 11.0. The monoisotopic (exact) mass is 318 g/mol. The first-order valence-corrected chi connectivity index (χ1v) is 6.16. The third-order valence-corrected chi connectivity index (χ3v) is 3.51. The van der Waals surface area contributed by atoms with Gasteiger partial charge >= 0.3 is 0 Å². The summed E-state index contributed by atoms with van der Waals surface area (Å²) in [6.07, 6.45) is 0. The summed E-state index contributed by atoms with van der Waals surface area (Å²) in [5, 5.41) is 0. The minimum Gasteiger partial charge on any atom is -0.399 e. The van der Waals surface area contributed by atoms with E-state index in [4.69, 9.17) is 10.5 Å². The molecule has 2 N–H and O–H groups in total. The van der Waals surface area contributed by atoms with Gasteiger partial charge in [-0.2, -0.15) is 0 Å². The minimum atomic E-state index is 0.441. The lowest BCUT2D eigenvalue weighted by atomic mass is 10.2. The Kier molecular flexibility index (Phi) is 3.35. The summed E-state index contributed by atoms with van der Waals surface area (Å²) in [6, 6.07) is 6.51. The molecular formula is C11H15IN2O. The average molecular weight is 318 g/mol. The van der Waals surface area contributed by atoms with Crippen LogP contribution in [0.5, 0.6) is 0 Å². The van der Waals surface area contributed by atoms with Crippen molar-refractivity contribution in [1.82, 2.24) is 0 Å². The fraction of sp³-hybridized carbons (Fsp3) is 0.455. The van der Waals surface area contributed by atoms with Crippen molar-refractivity contribution in [3.8, 4) is 0 Å². The highest BCUT2D eigenvalue weighted by Gasteiger charge is 2.20. The third-order valence-electron chi connectivity index (χ3n) is 2.65. The number of halogens is 1. The maximum absolute atomic E-state index is 5.74. The van der Waals surface area contributed by atoms with Crippen molar-refractivity contribution in [2.75, 3.05) is 30.4 Å². The van der Waals surface area contributed by atoms with E-state index in [0.717, 1.165) is 25.4 Å². The molecule has 1 unspecified atom stereocenters. The highest BCUT2D eigenvalue weighted by atomic mass is 127. The fourth-order valence-corrected chi connectivity index (χ4v) is 2.69. The summed E-state index contributed by atoms with van der Waals surface area (Å²) < 4.78 is 6.64. The van der Waals surface area contributed by atoms with Gasteiger partial charge in [0.25, 0.3) is 0 Å². The summed E-state index contributed by atoms with van der Waals surface area (Å²) >= 11 is 2.34. The van der Waals surface area contributed by atoms with Crippen LogP contribution in [0.15, 0.2) is 18.2 Å². The van der Waals surface area contributed by atoms with Crippen LogP contribution in [-0.2, 0) is 4.74 Å². The molecule has 1 aromatic rings. The summed E-state index contributed by atoms with van der Waals surface area (Å²) in [7, 11) is 0. The quantitative estimate of drug-likeness (QED) is 0.637. The Morgan fingerprint density at radius 1 is 1.53 bits per heavy atom. The number of hydrogen-bond acceptors (Lipinski definition) is 3. The van der Waals surface area contributed by atoms with Crippen LogP contribution < -0.4 is 10.6 Å². The van der Waals surface area contributed by atoms with Crippen LogP contribution in [-0.4, -0.2) is 25.8 Å². The van der Waals surface area contributed by atoms with E-state index in [9.17, 15) is 0 Å². The predicted molar refractivity (Wildman–Crippen MR) is 71.2 cm³/mol. The molecule has 0 radical (unpaired) electrons. The maximum atomic E-state index is 5.74. The van der Waals surface area contributed by atoms with Gasteiger partial charge in [-0.25, -0.2) is 0 Å². The molecule has 0 saturated carbocycles. The molecule has 1 heterocycles. The zero-order chi connectivity index (χ0) is 10.8. The van der Waals surface area contributed by atoms with Gasteiger partial charge in [0.2, 0.25) is 0 Å². The third kappa shape index (κ3) is 2.36. The zero-order valence-corrected chi connectivity index (χ0v) is 10.9. The van der Waals surface area contributed by atoms with E-state index < -0.39 is 0 Å². The first-order valence-electron chi connectivity index (χ1n) is 5.08.